The summed E-state index contributed by atoms with van der Waals surface area (Å²) in [7, 11) is -3.51. The smallest absolute Gasteiger partial charge is 0.242 e. The fourth-order valence-electron chi connectivity index (χ4n) is 1.46. The number of thioether (sulfide) groups is 1. The lowest BCUT2D eigenvalue weighted by molar-refractivity contribution is 0.581. The van der Waals surface area contributed by atoms with Crippen molar-refractivity contribution in [1.29, 1.82) is 5.26 Å². The molecule has 2 heterocycles. The summed E-state index contributed by atoms with van der Waals surface area (Å²) in [6.45, 7) is 0.319. The molecule has 0 unspecified atom stereocenters. The highest BCUT2D eigenvalue weighted by Gasteiger charge is 2.14. The van der Waals surface area contributed by atoms with Crippen molar-refractivity contribution in [2.24, 2.45) is 0 Å². The van der Waals surface area contributed by atoms with Crippen LogP contribution in [0, 0.1) is 10.7 Å². The highest BCUT2D eigenvalue weighted by atomic mass is 32.2. The summed E-state index contributed by atoms with van der Waals surface area (Å²) >= 11 is 2.58. The second kappa shape index (κ2) is 6.34. The molecule has 0 aliphatic heterocycles. The zero-order chi connectivity index (χ0) is 13.7. The van der Waals surface area contributed by atoms with Crippen LogP contribution in [-0.4, -0.2) is 25.7 Å². The number of pyridine rings is 1. The van der Waals surface area contributed by atoms with Crippen LogP contribution in [0.25, 0.3) is 10.2 Å². The summed E-state index contributed by atoms with van der Waals surface area (Å²) in [5.41, 5.74) is 0.800. The van der Waals surface area contributed by atoms with Gasteiger partial charge in [-0.25, -0.2) is 13.1 Å². The standard InChI is InChI=1S/C11H11N3O2S3/c12-8-17-4-1-3-14-19(15,16)9-6-11-10(13-7-9)2-5-18-11/h2,5-7,14H,1,3-4H2. The van der Waals surface area contributed by atoms with E-state index in [1.54, 1.807) is 6.07 Å². The van der Waals surface area contributed by atoms with E-state index < -0.39 is 10.0 Å². The minimum absolute atomic E-state index is 0.176. The first-order chi connectivity index (χ1) is 9.13. The van der Waals surface area contributed by atoms with Crippen molar-refractivity contribution < 1.29 is 8.42 Å². The number of fused-ring (bicyclic) bond motifs is 1. The third kappa shape index (κ3) is 3.67. The molecule has 2 rings (SSSR count). The van der Waals surface area contributed by atoms with Crippen LogP contribution in [0.3, 0.4) is 0 Å². The molecule has 0 saturated heterocycles. The molecule has 0 amide bonds. The molecule has 0 radical (unpaired) electrons. The predicted molar refractivity (Wildman–Crippen MR) is 77.5 cm³/mol. The topological polar surface area (TPSA) is 82.9 Å². The van der Waals surface area contributed by atoms with Crippen molar-refractivity contribution in [3.63, 3.8) is 0 Å². The number of nitrogens with one attached hydrogen (secondary N) is 1. The molecule has 0 atom stereocenters. The van der Waals surface area contributed by atoms with Crippen LogP contribution in [0.1, 0.15) is 6.42 Å². The molecule has 19 heavy (non-hydrogen) atoms. The minimum atomic E-state index is -3.51. The normalized spacial score (nSPS) is 11.5. The number of thiocyanates is 1. The van der Waals surface area contributed by atoms with E-state index in [0.29, 0.717) is 18.7 Å². The Bertz CT molecular complexity index is 703. The molecule has 0 aromatic carbocycles. The van der Waals surface area contributed by atoms with Gasteiger partial charge < -0.3 is 0 Å². The molecule has 8 heteroatoms. The molecule has 1 N–H and O–H groups in total. The number of hydrogen-bond acceptors (Lipinski definition) is 6. The second-order valence-corrected chi connectivity index (χ2v) is 7.26. The summed E-state index contributed by atoms with van der Waals surface area (Å²) in [5, 5.41) is 12.2. The van der Waals surface area contributed by atoms with E-state index in [1.807, 2.05) is 16.8 Å². The Morgan fingerprint density at radius 2 is 2.37 bits per heavy atom. The van der Waals surface area contributed by atoms with Gasteiger partial charge in [-0.2, -0.15) is 5.26 Å². The molecule has 0 saturated carbocycles. The Balaban J connectivity index is 2.04. The maximum atomic E-state index is 12.0. The predicted octanol–water partition coefficient (Wildman–Crippen LogP) is 2.18. The largest absolute Gasteiger partial charge is 0.254 e. The molecule has 2 aromatic heterocycles. The zero-order valence-electron chi connectivity index (χ0n) is 9.87. The highest BCUT2D eigenvalue weighted by Crippen LogP contribution is 2.21. The second-order valence-electron chi connectivity index (χ2n) is 3.67. The molecule has 2 aromatic rings. The van der Waals surface area contributed by atoms with Crippen LogP contribution in [0.15, 0.2) is 28.6 Å². The molecular weight excluding hydrogens is 302 g/mol. The molecule has 0 bridgehead atoms. The number of nitrogens with zero attached hydrogens (tertiary/aromatic N) is 2. The number of nitriles is 1. The average Bonchev–Trinajstić information content (AvgIpc) is 2.85. The SMILES string of the molecule is N#CSCCCNS(=O)(=O)c1cnc2ccsc2c1. The number of thiophene rings is 1. The van der Waals surface area contributed by atoms with Crippen LogP contribution in [0.4, 0.5) is 0 Å². The van der Waals surface area contributed by atoms with Crippen molar-refractivity contribution in [1.82, 2.24) is 9.71 Å². The molecule has 0 aliphatic carbocycles. The monoisotopic (exact) mass is 313 g/mol. The average molecular weight is 313 g/mol. The maximum absolute atomic E-state index is 12.0. The minimum Gasteiger partial charge on any atom is -0.254 e. The fourth-order valence-corrected chi connectivity index (χ4v) is 3.73. The van der Waals surface area contributed by atoms with E-state index in [-0.39, 0.29) is 4.90 Å². The van der Waals surface area contributed by atoms with E-state index >= 15 is 0 Å². The Morgan fingerprint density at radius 3 is 3.16 bits per heavy atom. The summed E-state index contributed by atoms with van der Waals surface area (Å²) < 4.78 is 27.4. The first-order valence-corrected chi connectivity index (χ1v) is 8.82. The first-order valence-electron chi connectivity index (χ1n) is 5.47. The van der Waals surface area contributed by atoms with Gasteiger partial charge >= 0.3 is 0 Å². The summed E-state index contributed by atoms with van der Waals surface area (Å²) in [4.78, 5) is 4.29. The van der Waals surface area contributed by atoms with E-state index in [4.69, 9.17) is 5.26 Å². The molecule has 0 spiro atoms. The lowest BCUT2D eigenvalue weighted by Crippen LogP contribution is -2.25. The van der Waals surface area contributed by atoms with E-state index in [1.165, 1.54) is 17.5 Å². The number of sulfonamides is 1. The fraction of sp³-hybridized carbons (Fsp3) is 0.273. The van der Waals surface area contributed by atoms with Crippen LogP contribution in [0.2, 0.25) is 0 Å². The molecule has 0 fully saturated rings. The molecule has 5 nitrogen and oxygen atoms in total. The van der Waals surface area contributed by atoms with Gasteiger partial charge in [0.05, 0.1) is 10.2 Å². The van der Waals surface area contributed by atoms with Gasteiger partial charge in [-0.3, -0.25) is 4.98 Å². The Hall–Kier alpha value is -1.14. The lowest BCUT2D eigenvalue weighted by atomic mass is 10.4. The van der Waals surface area contributed by atoms with Gasteiger partial charge in [-0.15, -0.1) is 11.3 Å². The summed E-state index contributed by atoms with van der Waals surface area (Å²) in [6, 6.07) is 3.47. The Labute approximate surface area is 119 Å². The van der Waals surface area contributed by atoms with Crippen molar-refractivity contribution in [2.45, 2.75) is 11.3 Å². The summed E-state index contributed by atoms with van der Waals surface area (Å²) in [6.07, 6.45) is 1.98. The third-order valence-electron chi connectivity index (χ3n) is 2.37. The van der Waals surface area contributed by atoms with E-state index in [9.17, 15) is 8.42 Å². The number of hydrogen-bond donors (Lipinski definition) is 1. The van der Waals surface area contributed by atoms with Crippen LogP contribution in [-0.2, 0) is 10.0 Å². The zero-order valence-corrected chi connectivity index (χ0v) is 12.3. The van der Waals surface area contributed by atoms with Gasteiger partial charge in [0.15, 0.2) is 0 Å². The quantitative estimate of drug-likeness (QED) is 0.653. The van der Waals surface area contributed by atoms with Gasteiger partial charge in [-0.1, -0.05) is 0 Å². The van der Waals surface area contributed by atoms with Crippen LogP contribution < -0.4 is 4.72 Å². The third-order valence-corrected chi connectivity index (χ3v) is 5.27. The van der Waals surface area contributed by atoms with Gasteiger partial charge in [0.1, 0.15) is 10.3 Å². The Kier molecular flexibility index (Phi) is 4.76. The van der Waals surface area contributed by atoms with Gasteiger partial charge in [-0.05, 0) is 35.7 Å². The van der Waals surface area contributed by atoms with Gasteiger partial charge in [0.2, 0.25) is 10.0 Å². The van der Waals surface area contributed by atoms with Crippen molar-refractivity contribution in [3.05, 3.63) is 23.7 Å². The van der Waals surface area contributed by atoms with Crippen molar-refractivity contribution in [2.75, 3.05) is 12.3 Å². The number of aromatic nitrogens is 1. The highest BCUT2D eigenvalue weighted by molar-refractivity contribution is 8.03. The van der Waals surface area contributed by atoms with Crippen molar-refractivity contribution in [3.8, 4) is 5.40 Å². The number of rotatable bonds is 6. The van der Waals surface area contributed by atoms with Gasteiger partial charge in [0, 0.05) is 18.5 Å². The molecule has 100 valence electrons. The van der Waals surface area contributed by atoms with Gasteiger partial charge in [0.25, 0.3) is 0 Å². The first kappa shape index (κ1) is 14.3. The van der Waals surface area contributed by atoms with Crippen molar-refractivity contribution >= 4 is 43.3 Å². The Morgan fingerprint density at radius 1 is 1.53 bits per heavy atom. The molecule has 0 aliphatic rings. The van der Waals surface area contributed by atoms with E-state index in [2.05, 4.69) is 9.71 Å². The van der Waals surface area contributed by atoms with E-state index in [0.717, 1.165) is 22.0 Å². The van der Waals surface area contributed by atoms with Crippen LogP contribution in [0.5, 0.6) is 0 Å². The van der Waals surface area contributed by atoms with Crippen LogP contribution >= 0.6 is 23.1 Å². The lowest BCUT2D eigenvalue weighted by Gasteiger charge is -2.05. The maximum Gasteiger partial charge on any atom is 0.242 e. The summed E-state index contributed by atoms with van der Waals surface area (Å²) in [5.74, 6) is 0.612. The molecular formula is C11H11N3O2S3.